The summed E-state index contributed by atoms with van der Waals surface area (Å²) in [6.07, 6.45) is 2.89. The molecule has 16 heavy (non-hydrogen) atoms. The van der Waals surface area contributed by atoms with Crippen LogP contribution in [0.3, 0.4) is 0 Å². The van der Waals surface area contributed by atoms with E-state index >= 15 is 0 Å². The van der Waals surface area contributed by atoms with Crippen molar-refractivity contribution in [3.8, 4) is 0 Å². The summed E-state index contributed by atoms with van der Waals surface area (Å²) in [5, 5.41) is 9.22. The lowest BCUT2D eigenvalue weighted by Gasteiger charge is -2.10. The van der Waals surface area contributed by atoms with Crippen LogP contribution in [0.25, 0.3) is 0 Å². The Bertz CT molecular complexity index is 475. The molecule has 0 radical (unpaired) electrons. The smallest absolute Gasteiger partial charge is 0.255 e. The molecule has 1 atom stereocenters. The number of nitrogens with one attached hydrogen (secondary N) is 2. The van der Waals surface area contributed by atoms with Crippen LogP contribution in [0.5, 0.6) is 0 Å². The molecule has 6 heteroatoms. The van der Waals surface area contributed by atoms with E-state index in [1.165, 1.54) is 12.6 Å². The van der Waals surface area contributed by atoms with E-state index in [0.29, 0.717) is 17.1 Å². The zero-order valence-electron chi connectivity index (χ0n) is 9.02. The summed E-state index contributed by atoms with van der Waals surface area (Å²) in [6, 6.07) is 1.42. The number of carbonyl (C=O) groups excluding carboxylic acids is 1. The van der Waals surface area contributed by atoms with Gasteiger partial charge in [0.1, 0.15) is 17.9 Å². The lowest BCUT2D eigenvalue weighted by atomic mass is 10.2. The summed E-state index contributed by atoms with van der Waals surface area (Å²) in [5.74, 6) is 1.03. The highest BCUT2D eigenvalue weighted by atomic mass is 16.3. The van der Waals surface area contributed by atoms with E-state index in [2.05, 4.69) is 20.5 Å². The van der Waals surface area contributed by atoms with Gasteiger partial charge < -0.3 is 9.73 Å². The third-order valence-electron chi connectivity index (χ3n) is 2.29. The summed E-state index contributed by atoms with van der Waals surface area (Å²) in [5.41, 5.74) is 0.534. The van der Waals surface area contributed by atoms with Crippen LogP contribution in [0.15, 0.2) is 23.1 Å². The molecular formula is C10H12N4O2. The number of aromatic nitrogens is 3. The van der Waals surface area contributed by atoms with Gasteiger partial charge in [-0.25, -0.2) is 4.98 Å². The first-order valence-corrected chi connectivity index (χ1v) is 4.88. The average Bonchev–Trinajstić information content (AvgIpc) is 2.86. The van der Waals surface area contributed by atoms with Gasteiger partial charge in [-0.15, -0.1) is 0 Å². The number of aromatic amines is 1. The van der Waals surface area contributed by atoms with Crippen LogP contribution in [0.1, 0.15) is 34.9 Å². The van der Waals surface area contributed by atoms with E-state index in [1.807, 2.05) is 6.92 Å². The maximum absolute atomic E-state index is 11.8. The lowest BCUT2D eigenvalue weighted by molar-refractivity contribution is 0.0937. The number of carbonyl (C=O) groups is 1. The minimum absolute atomic E-state index is 0.185. The summed E-state index contributed by atoms with van der Waals surface area (Å²) >= 11 is 0. The van der Waals surface area contributed by atoms with E-state index in [1.54, 1.807) is 13.0 Å². The molecule has 6 nitrogen and oxygen atoms in total. The van der Waals surface area contributed by atoms with Crippen LogP contribution in [0.4, 0.5) is 0 Å². The molecule has 0 spiro atoms. The Morgan fingerprint density at radius 3 is 3.00 bits per heavy atom. The minimum Gasteiger partial charge on any atom is -0.469 e. The van der Waals surface area contributed by atoms with Crippen molar-refractivity contribution >= 4 is 5.91 Å². The molecule has 1 amide bonds. The van der Waals surface area contributed by atoms with Crippen LogP contribution in [0.2, 0.25) is 0 Å². The number of hydrogen-bond donors (Lipinski definition) is 2. The number of amides is 1. The fraction of sp³-hybridized carbons (Fsp3) is 0.300. The quantitative estimate of drug-likeness (QED) is 0.813. The molecule has 2 aromatic heterocycles. The van der Waals surface area contributed by atoms with Crippen molar-refractivity contribution in [2.24, 2.45) is 0 Å². The predicted octanol–water partition coefficient (Wildman–Crippen LogP) is 1.20. The highest BCUT2D eigenvalue weighted by Crippen LogP contribution is 2.11. The van der Waals surface area contributed by atoms with E-state index < -0.39 is 0 Å². The third-order valence-corrected chi connectivity index (χ3v) is 2.29. The van der Waals surface area contributed by atoms with Crippen molar-refractivity contribution in [1.82, 2.24) is 20.5 Å². The van der Waals surface area contributed by atoms with Gasteiger partial charge in [0, 0.05) is 0 Å². The van der Waals surface area contributed by atoms with Gasteiger partial charge in [-0.05, 0) is 19.9 Å². The van der Waals surface area contributed by atoms with Crippen molar-refractivity contribution < 1.29 is 9.21 Å². The average molecular weight is 220 g/mol. The Labute approximate surface area is 92.1 Å². The Kier molecular flexibility index (Phi) is 2.72. The summed E-state index contributed by atoms with van der Waals surface area (Å²) < 4.78 is 5.06. The zero-order chi connectivity index (χ0) is 11.5. The van der Waals surface area contributed by atoms with Gasteiger partial charge in [0.05, 0.1) is 17.9 Å². The number of H-pyrrole nitrogens is 1. The Morgan fingerprint density at radius 1 is 1.62 bits per heavy atom. The van der Waals surface area contributed by atoms with Crippen molar-refractivity contribution in [1.29, 1.82) is 0 Å². The third kappa shape index (κ3) is 1.95. The second kappa shape index (κ2) is 4.18. The maximum atomic E-state index is 11.8. The molecule has 2 rings (SSSR count). The van der Waals surface area contributed by atoms with Crippen LogP contribution in [-0.4, -0.2) is 21.1 Å². The highest BCUT2D eigenvalue weighted by molar-refractivity contribution is 5.95. The summed E-state index contributed by atoms with van der Waals surface area (Å²) in [4.78, 5) is 15.8. The van der Waals surface area contributed by atoms with Crippen molar-refractivity contribution in [2.75, 3.05) is 0 Å². The minimum atomic E-state index is -0.218. The fourth-order valence-corrected chi connectivity index (χ4v) is 1.39. The predicted molar refractivity (Wildman–Crippen MR) is 55.7 cm³/mol. The van der Waals surface area contributed by atoms with Gasteiger partial charge in [0.25, 0.3) is 5.91 Å². The molecule has 0 bridgehead atoms. The SMILES string of the molecule is Cc1occc1C(=O)NC(C)c1ncn[nH]1. The van der Waals surface area contributed by atoms with Crippen molar-refractivity contribution in [3.63, 3.8) is 0 Å². The van der Waals surface area contributed by atoms with Crippen LogP contribution in [0, 0.1) is 6.92 Å². The van der Waals surface area contributed by atoms with Gasteiger partial charge in [-0.2, -0.15) is 5.10 Å². The number of rotatable bonds is 3. The molecule has 0 aliphatic heterocycles. The highest BCUT2D eigenvalue weighted by Gasteiger charge is 2.16. The monoisotopic (exact) mass is 220 g/mol. The largest absolute Gasteiger partial charge is 0.469 e. The topological polar surface area (TPSA) is 83.8 Å². The summed E-state index contributed by atoms with van der Waals surface area (Å²) in [6.45, 7) is 3.57. The van der Waals surface area contributed by atoms with Gasteiger partial charge in [0.2, 0.25) is 0 Å². The molecule has 84 valence electrons. The molecule has 2 N–H and O–H groups in total. The number of furan rings is 1. The standard InChI is InChI=1S/C10H12N4O2/c1-6(9-11-5-12-14-9)13-10(15)8-3-4-16-7(8)2/h3-6H,1-2H3,(H,13,15)(H,11,12,14). The van der Waals surface area contributed by atoms with Gasteiger partial charge in [0.15, 0.2) is 0 Å². The molecular weight excluding hydrogens is 208 g/mol. The van der Waals surface area contributed by atoms with E-state index in [4.69, 9.17) is 4.42 Å². The maximum Gasteiger partial charge on any atom is 0.255 e. The second-order valence-electron chi connectivity index (χ2n) is 3.46. The van der Waals surface area contributed by atoms with E-state index in [0.717, 1.165) is 0 Å². The fourth-order valence-electron chi connectivity index (χ4n) is 1.39. The molecule has 2 heterocycles. The first kappa shape index (κ1) is 10.4. The summed E-state index contributed by atoms with van der Waals surface area (Å²) in [7, 11) is 0. The Balaban J connectivity index is 2.06. The van der Waals surface area contributed by atoms with Crippen LogP contribution in [-0.2, 0) is 0 Å². The number of nitrogens with zero attached hydrogens (tertiary/aromatic N) is 2. The van der Waals surface area contributed by atoms with E-state index in [-0.39, 0.29) is 11.9 Å². The molecule has 0 aliphatic rings. The lowest BCUT2D eigenvalue weighted by Crippen LogP contribution is -2.27. The van der Waals surface area contributed by atoms with Crippen molar-refractivity contribution in [3.05, 3.63) is 35.8 Å². The molecule has 0 aliphatic carbocycles. The molecule has 1 unspecified atom stereocenters. The van der Waals surface area contributed by atoms with Gasteiger partial charge >= 0.3 is 0 Å². The number of aryl methyl sites for hydroxylation is 1. The van der Waals surface area contributed by atoms with E-state index in [9.17, 15) is 4.79 Å². The first-order chi connectivity index (χ1) is 7.68. The zero-order valence-corrected chi connectivity index (χ0v) is 9.02. The first-order valence-electron chi connectivity index (χ1n) is 4.88. The Hall–Kier alpha value is -2.11. The second-order valence-corrected chi connectivity index (χ2v) is 3.46. The normalized spacial score (nSPS) is 12.4. The van der Waals surface area contributed by atoms with Crippen molar-refractivity contribution in [2.45, 2.75) is 19.9 Å². The number of hydrogen-bond acceptors (Lipinski definition) is 4. The molecule has 0 fully saturated rings. The molecule has 2 aromatic rings. The van der Waals surface area contributed by atoms with Gasteiger partial charge in [-0.3, -0.25) is 9.89 Å². The molecule has 0 saturated heterocycles. The Morgan fingerprint density at radius 2 is 2.44 bits per heavy atom. The van der Waals surface area contributed by atoms with Gasteiger partial charge in [-0.1, -0.05) is 0 Å². The van der Waals surface area contributed by atoms with Crippen LogP contribution >= 0.6 is 0 Å². The molecule has 0 saturated carbocycles. The molecule has 0 aromatic carbocycles. The van der Waals surface area contributed by atoms with Crippen LogP contribution < -0.4 is 5.32 Å².